The summed E-state index contributed by atoms with van der Waals surface area (Å²) in [5.41, 5.74) is 4.28. The van der Waals surface area contributed by atoms with Crippen molar-refractivity contribution in [2.75, 3.05) is 11.9 Å². The van der Waals surface area contributed by atoms with E-state index in [1.54, 1.807) is 24.4 Å². The first-order valence-corrected chi connectivity index (χ1v) is 12.6. The summed E-state index contributed by atoms with van der Waals surface area (Å²) in [6, 6.07) is 23.8. The second kappa shape index (κ2) is 11.5. The summed E-state index contributed by atoms with van der Waals surface area (Å²) in [5, 5.41) is 8.23. The fourth-order valence-electron chi connectivity index (χ4n) is 4.06. The van der Waals surface area contributed by atoms with Crippen LogP contribution in [0.1, 0.15) is 24.7 Å². The van der Waals surface area contributed by atoms with Crippen LogP contribution in [0.4, 0.5) is 15.8 Å². The minimum Gasteiger partial charge on any atom is -0.487 e. The molecule has 188 valence electrons. The Morgan fingerprint density at radius 1 is 1.00 bits per heavy atom. The number of hydrogen-bond acceptors (Lipinski definition) is 5. The zero-order valence-corrected chi connectivity index (χ0v) is 21.2. The Labute approximate surface area is 220 Å². The lowest BCUT2D eigenvalue weighted by atomic mass is 10.1. The van der Waals surface area contributed by atoms with Crippen LogP contribution >= 0.6 is 11.6 Å². The van der Waals surface area contributed by atoms with Crippen molar-refractivity contribution in [3.63, 3.8) is 0 Å². The molecule has 0 spiro atoms. The number of aromatic nitrogens is 1. The van der Waals surface area contributed by atoms with Gasteiger partial charge >= 0.3 is 0 Å². The molecule has 0 radical (unpaired) electrons. The van der Waals surface area contributed by atoms with Gasteiger partial charge in [0.2, 0.25) is 0 Å². The van der Waals surface area contributed by atoms with Crippen molar-refractivity contribution in [1.29, 1.82) is 0 Å². The number of halogens is 2. The van der Waals surface area contributed by atoms with E-state index in [4.69, 9.17) is 20.8 Å². The molecule has 2 aromatic heterocycles. The Morgan fingerprint density at radius 3 is 2.76 bits per heavy atom. The number of benzene rings is 3. The highest BCUT2D eigenvalue weighted by Gasteiger charge is 2.10. The smallest absolute Gasteiger partial charge is 0.138 e. The van der Waals surface area contributed by atoms with Crippen LogP contribution in [0.2, 0.25) is 5.02 Å². The normalized spacial score (nSPS) is 11.1. The van der Waals surface area contributed by atoms with Gasteiger partial charge in [-0.2, -0.15) is 0 Å². The van der Waals surface area contributed by atoms with Crippen molar-refractivity contribution >= 4 is 33.9 Å². The average Bonchev–Trinajstić information content (AvgIpc) is 3.37. The lowest BCUT2D eigenvalue weighted by Crippen LogP contribution is -2.12. The Kier molecular flexibility index (Phi) is 7.68. The lowest BCUT2D eigenvalue weighted by molar-refractivity contribution is 0.306. The molecule has 3 aromatic carbocycles. The van der Waals surface area contributed by atoms with E-state index in [0.717, 1.165) is 57.9 Å². The molecular weight excluding hydrogens is 489 g/mol. The molecular formula is C30H27ClFN3O2. The molecule has 0 unspecified atom stereocenters. The van der Waals surface area contributed by atoms with Gasteiger partial charge in [0.15, 0.2) is 0 Å². The van der Waals surface area contributed by atoms with Gasteiger partial charge in [0.25, 0.3) is 0 Å². The zero-order valence-electron chi connectivity index (χ0n) is 20.4. The molecule has 0 atom stereocenters. The van der Waals surface area contributed by atoms with Gasteiger partial charge < -0.3 is 19.8 Å². The predicted molar refractivity (Wildman–Crippen MR) is 147 cm³/mol. The molecule has 5 nitrogen and oxygen atoms in total. The topological polar surface area (TPSA) is 59.3 Å². The van der Waals surface area contributed by atoms with Gasteiger partial charge in [0.05, 0.1) is 17.1 Å². The molecule has 0 saturated carbocycles. The van der Waals surface area contributed by atoms with Crippen LogP contribution in [0.3, 0.4) is 0 Å². The maximum atomic E-state index is 13.4. The minimum atomic E-state index is -0.295. The van der Waals surface area contributed by atoms with Crippen molar-refractivity contribution in [3.05, 3.63) is 107 Å². The molecule has 0 fully saturated rings. The molecule has 0 bridgehead atoms. The van der Waals surface area contributed by atoms with Crippen LogP contribution in [-0.2, 0) is 13.2 Å². The quantitative estimate of drug-likeness (QED) is 0.184. The minimum absolute atomic E-state index is 0.227. The summed E-state index contributed by atoms with van der Waals surface area (Å²) in [4.78, 5) is 4.51. The third-order valence-electron chi connectivity index (χ3n) is 5.91. The maximum Gasteiger partial charge on any atom is 0.138 e. The van der Waals surface area contributed by atoms with Crippen molar-refractivity contribution in [1.82, 2.24) is 10.3 Å². The fraction of sp³-hybridized carbons (Fsp3) is 0.167. The molecule has 0 aliphatic rings. The summed E-state index contributed by atoms with van der Waals surface area (Å²) in [7, 11) is 0. The van der Waals surface area contributed by atoms with Crippen molar-refractivity contribution in [2.24, 2.45) is 0 Å². The molecule has 2 heterocycles. The van der Waals surface area contributed by atoms with Gasteiger partial charge in [-0.25, -0.2) is 4.39 Å². The van der Waals surface area contributed by atoms with E-state index in [0.29, 0.717) is 17.3 Å². The molecule has 0 amide bonds. The van der Waals surface area contributed by atoms with Crippen molar-refractivity contribution < 1.29 is 13.5 Å². The zero-order chi connectivity index (χ0) is 25.6. The molecule has 0 saturated heterocycles. The van der Waals surface area contributed by atoms with Crippen LogP contribution in [0, 0.1) is 5.82 Å². The Bertz CT molecular complexity index is 1520. The van der Waals surface area contributed by atoms with Gasteiger partial charge in [-0.05, 0) is 85.3 Å². The van der Waals surface area contributed by atoms with Crippen LogP contribution in [0.5, 0.6) is 5.75 Å². The SMILES string of the molecule is CCCNCc1ccc(-c2ccc3nccc(Nc4ccc(OCc5cccc(F)c5)c(Cl)c4)c3c2)o1. The third kappa shape index (κ3) is 6.10. The number of hydrogen-bond donors (Lipinski definition) is 2. The number of pyridine rings is 1. The van der Waals surface area contributed by atoms with Gasteiger partial charge in [-0.1, -0.05) is 30.7 Å². The van der Waals surface area contributed by atoms with Gasteiger partial charge in [-0.15, -0.1) is 0 Å². The van der Waals surface area contributed by atoms with Gasteiger partial charge in [0.1, 0.15) is 29.7 Å². The largest absolute Gasteiger partial charge is 0.487 e. The van der Waals surface area contributed by atoms with Crippen LogP contribution in [-0.4, -0.2) is 11.5 Å². The van der Waals surface area contributed by atoms with E-state index in [-0.39, 0.29) is 12.4 Å². The van der Waals surface area contributed by atoms with E-state index >= 15 is 0 Å². The second-order valence-corrected chi connectivity index (χ2v) is 9.13. The number of fused-ring (bicyclic) bond motifs is 1. The summed E-state index contributed by atoms with van der Waals surface area (Å²) in [6.45, 7) is 4.03. The standard InChI is InChI=1S/C30H27ClFN3O2/c1-2-13-33-18-24-8-11-29(37-24)21-6-9-27-25(16-21)28(12-14-34-27)35-23-7-10-30(26(31)17-23)36-19-20-4-3-5-22(32)15-20/h3-12,14-17,33H,2,13,18-19H2,1H3,(H,34,35). The number of anilines is 2. The van der Waals surface area contributed by atoms with E-state index in [2.05, 4.69) is 28.6 Å². The summed E-state index contributed by atoms with van der Waals surface area (Å²) >= 11 is 6.50. The van der Waals surface area contributed by atoms with Crippen molar-refractivity contribution in [2.45, 2.75) is 26.5 Å². The highest BCUT2D eigenvalue weighted by Crippen LogP contribution is 2.33. The first-order chi connectivity index (χ1) is 18.1. The molecule has 5 rings (SSSR count). The predicted octanol–water partition coefficient (Wildman–Crippen LogP) is 8.11. The highest BCUT2D eigenvalue weighted by molar-refractivity contribution is 6.32. The number of rotatable bonds is 10. The number of nitrogens with zero attached hydrogens (tertiary/aromatic N) is 1. The van der Waals surface area contributed by atoms with E-state index in [9.17, 15) is 4.39 Å². The molecule has 2 N–H and O–H groups in total. The van der Waals surface area contributed by atoms with Gasteiger partial charge in [0, 0.05) is 28.5 Å². The summed E-state index contributed by atoms with van der Waals surface area (Å²) in [6.07, 6.45) is 2.85. The summed E-state index contributed by atoms with van der Waals surface area (Å²) < 4.78 is 25.3. The number of furan rings is 1. The molecule has 7 heteroatoms. The van der Waals surface area contributed by atoms with Gasteiger partial charge in [-0.3, -0.25) is 4.98 Å². The first-order valence-electron chi connectivity index (χ1n) is 12.2. The average molecular weight is 516 g/mol. The highest BCUT2D eigenvalue weighted by atomic mass is 35.5. The Balaban J connectivity index is 1.33. The van der Waals surface area contributed by atoms with E-state index in [1.807, 2.05) is 42.5 Å². The van der Waals surface area contributed by atoms with Crippen LogP contribution < -0.4 is 15.4 Å². The monoisotopic (exact) mass is 515 g/mol. The van der Waals surface area contributed by atoms with E-state index in [1.165, 1.54) is 12.1 Å². The number of nitrogens with one attached hydrogen (secondary N) is 2. The third-order valence-corrected chi connectivity index (χ3v) is 6.20. The molecule has 0 aliphatic heterocycles. The van der Waals surface area contributed by atoms with Crippen LogP contribution in [0.15, 0.2) is 89.5 Å². The Morgan fingerprint density at radius 2 is 1.92 bits per heavy atom. The second-order valence-electron chi connectivity index (χ2n) is 8.72. The van der Waals surface area contributed by atoms with E-state index < -0.39 is 0 Å². The van der Waals surface area contributed by atoms with Crippen molar-refractivity contribution in [3.8, 4) is 17.1 Å². The first kappa shape index (κ1) is 24.8. The fourth-order valence-corrected chi connectivity index (χ4v) is 4.30. The summed E-state index contributed by atoms with van der Waals surface area (Å²) in [5.74, 6) is 1.95. The molecule has 5 aromatic rings. The molecule has 0 aliphatic carbocycles. The lowest BCUT2D eigenvalue weighted by Gasteiger charge is -2.13. The van der Waals surface area contributed by atoms with Crippen LogP contribution in [0.25, 0.3) is 22.2 Å². The number of ether oxygens (including phenoxy) is 1. The maximum absolute atomic E-state index is 13.4. The Hall–Kier alpha value is -3.87. The molecule has 37 heavy (non-hydrogen) atoms.